The third-order valence-electron chi connectivity index (χ3n) is 9.68. The number of unbranched alkanes of at least 4 members (excludes halogenated alkanes) is 14. The van der Waals surface area contributed by atoms with Gasteiger partial charge in [0.05, 0.1) is 32.2 Å². The lowest BCUT2D eigenvalue weighted by Crippen LogP contribution is -2.54. The van der Waals surface area contributed by atoms with Crippen molar-refractivity contribution in [3.05, 3.63) is 24.9 Å². The Morgan fingerprint density at radius 2 is 1.23 bits per heavy atom. The SMILES string of the molecule is C=C(CCCCCCCCCCC)Nc1ncnc2c1ncn2C[C@@H](C)OCP(=O)(NC(C)(C)C(=O)OCCCCCC)NC(C)(C)C(=O)OCCCCCC. The van der Waals surface area contributed by atoms with Crippen molar-refractivity contribution in [2.24, 2.45) is 0 Å². The van der Waals surface area contributed by atoms with Crippen LogP contribution in [0.4, 0.5) is 5.82 Å². The minimum atomic E-state index is -3.80. The lowest BCUT2D eigenvalue weighted by atomic mass is 10.1. The Kier molecular flexibility index (Phi) is 23.1. The maximum atomic E-state index is 14.7. The maximum absolute atomic E-state index is 14.7. The molecule has 1 atom stereocenters. The maximum Gasteiger partial charge on any atom is 0.326 e. The first-order valence-electron chi connectivity index (χ1n) is 21.4. The Bertz CT molecular complexity index is 1450. The summed E-state index contributed by atoms with van der Waals surface area (Å²) >= 11 is 0. The third-order valence-corrected chi connectivity index (χ3v) is 12.0. The zero-order valence-electron chi connectivity index (χ0n) is 36.2. The Hall–Kier alpha value is -2.86. The number of esters is 2. The number of rotatable bonds is 33. The zero-order chi connectivity index (χ0) is 41.5. The molecule has 0 aliphatic rings. The molecule has 3 N–H and O–H groups in total. The molecule has 0 saturated carbocycles. The average Bonchev–Trinajstić information content (AvgIpc) is 3.55. The van der Waals surface area contributed by atoms with Crippen LogP contribution in [-0.4, -0.2) is 68.2 Å². The van der Waals surface area contributed by atoms with Crippen LogP contribution in [0.3, 0.4) is 0 Å². The van der Waals surface area contributed by atoms with E-state index in [0.29, 0.717) is 23.5 Å². The third kappa shape index (κ3) is 18.6. The predicted molar refractivity (Wildman–Crippen MR) is 228 cm³/mol. The fourth-order valence-corrected chi connectivity index (χ4v) is 9.02. The summed E-state index contributed by atoms with van der Waals surface area (Å²) < 4.78 is 33.9. The van der Waals surface area contributed by atoms with E-state index < -0.39 is 36.6 Å². The van der Waals surface area contributed by atoms with Gasteiger partial charge in [-0.1, -0.05) is 117 Å². The summed E-state index contributed by atoms with van der Waals surface area (Å²) in [6.45, 7) is 19.9. The number of aromatic nitrogens is 4. The van der Waals surface area contributed by atoms with Crippen molar-refractivity contribution in [1.29, 1.82) is 0 Å². The molecule has 0 aliphatic carbocycles. The van der Waals surface area contributed by atoms with Crippen LogP contribution in [0.5, 0.6) is 0 Å². The Balaban J connectivity index is 2.08. The van der Waals surface area contributed by atoms with Gasteiger partial charge in [0.1, 0.15) is 23.8 Å². The van der Waals surface area contributed by atoms with Gasteiger partial charge in [-0.25, -0.2) is 25.1 Å². The molecule has 2 aromatic rings. The van der Waals surface area contributed by atoms with Gasteiger partial charge in [-0.15, -0.1) is 0 Å². The molecule has 2 heterocycles. The van der Waals surface area contributed by atoms with Crippen LogP contribution in [0.1, 0.15) is 171 Å². The highest BCUT2D eigenvalue weighted by molar-refractivity contribution is 7.59. The highest BCUT2D eigenvalue weighted by Gasteiger charge is 2.43. The van der Waals surface area contributed by atoms with E-state index in [4.69, 9.17) is 14.2 Å². The summed E-state index contributed by atoms with van der Waals surface area (Å²) in [5, 5.41) is 9.35. The Morgan fingerprint density at radius 1 is 0.750 bits per heavy atom. The topological polar surface area (TPSA) is 159 Å². The molecule has 320 valence electrons. The number of imidazole rings is 1. The molecule has 56 heavy (non-hydrogen) atoms. The number of ether oxygens (including phenoxy) is 3. The van der Waals surface area contributed by atoms with Gasteiger partial charge in [0.25, 0.3) is 0 Å². The quantitative estimate of drug-likeness (QED) is 0.0357. The molecular weight excluding hydrogens is 729 g/mol. The van der Waals surface area contributed by atoms with Crippen LogP contribution < -0.4 is 15.5 Å². The molecular formula is C42H76N7O6P. The molecule has 0 saturated heterocycles. The molecule has 2 rings (SSSR count). The van der Waals surface area contributed by atoms with E-state index in [0.717, 1.165) is 69.9 Å². The van der Waals surface area contributed by atoms with Crippen molar-refractivity contribution in [3.63, 3.8) is 0 Å². The second kappa shape index (κ2) is 26.2. The fourth-order valence-electron chi connectivity index (χ4n) is 6.38. The molecule has 0 bridgehead atoms. The average molecular weight is 806 g/mol. The zero-order valence-corrected chi connectivity index (χ0v) is 37.1. The van der Waals surface area contributed by atoms with E-state index in [2.05, 4.69) is 57.8 Å². The van der Waals surface area contributed by atoms with Crippen LogP contribution in [0, 0.1) is 0 Å². The number of fused-ring (bicyclic) bond motifs is 1. The van der Waals surface area contributed by atoms with Crippen molar-refractivity contribution in [2.45, 2.75) is 195 Å². The van der Waals surface area contributed by atoms with Crippen molar-refractivity contribution < 1.29 is 28.4 Å². The van der Waals surface area contributed by atoms with Gasteiger partial charge in [0, 0.05) is 5.70 Å². The van der Waals surface area contributed by atoms with Gasteiger partial charge in [0.15, 0.2) is 17.0 Å². The summed E-state index contributed by atoms with van der Waals surface area (Å²) in [6, 6.07) is 0. The number of nitrogens with one attached hydrogen (secondary N) is 3. The first-order chi connectivity index (χ1) is 26.7. The molecule has 0 fully saturated rings. The largest absolute Gasteiger partial charge is 0.464 e. The number of carbonyl (C=O) groups is 2. The first kappa shape index (κ1) is 49.3. The minimum Gasteiger partial charge on any atom is -0.464 e. The Labute approximate surface area is 338 Å². The van der Waals surface area contributed by atoms with Gasteiger partial charge in [-0.3, -0.25) is 14.2 Å². The highest BCUT2D eigenvalue weighted by atomic mass is 31.2. The fraction of sp³-hybridized carbons (Fsp3) is 0.786. The number of anilines is 1. The van der Waals surface area contributed by atoms with E-state index in [1.807, 2.05) is 11.5 Å². The second-order valence-electron chi connectivity index (χ2n) is 16.3. The molecule has 0 amide bonds. The van der Waals surface area contributed by atoms with Crippen LogP contribution in [0.2, 0.25) is 0 Å². The second-order valence-corrected chi connectivity index (χ2v) is 18.5. The number of hydrogen-bond donors (Lipinski definition) is 3. The number of nitrogens with zero attached hydrogens (tertiary/aromatic N) is 4. The van der Waals surface area contributed by atoms with E-state index >= 15 is 0 Å². The lowest BCUT2D eigenvalue weighted by molar-refractivity contribution is -0.149. The summed E-state index contributed by atoms with van der Waals surface area (Å²) in [5.41, 5.74) is -0.565. The van der Waals surface area contributed by atoms with Crippen molar-refractivity contribution in [3.8, 4) is 0 Å². The molecule has 13 nitrogen and oxygen atoms in total. The molecule has 2 aromatic heterocycles. The predicted octanol–water partition coefficient (Wildman–Crippen LogP) is 10.2. The van der Waals surface area contributed by atoms with Gasteiger partial charge in [0.2, 0.25) is 7.44 Å². The molecule has 0 spiro atoms. The van der Waals surface area contributed by atoms with E-state index in [1.54, 1.807) is 34.0 Å². The van der Waals surface area contributed by atoms with Crippen LogP contribution >= 0.6 is 7.44 Å². The van der Waals surface area contributed by atoms with Crippen LogP contribution in [0.15, 0.2) is 24.9 Å². The molecule has 0 aliphatic heterocycles. The monoisotopic (exact) mass is 806 g/mol. The van der Waals surface area contributed by atoms with E-state index in [9.17, 15) is 14.2 Å². The Morgan fingerprint density at radius 3 is 1.75 bits per heavy atom. The number of hydrogen-bond acceptors (Lipinski definition) is 10. The smallest absolute Gasteiger partial charge is 0.326 e. The van der Waals surface area contributed by atoms with Crippen molar-refractivity contribution in [1.82, 2.24) is 29.7 Å². The van der Waals surface area contributed by atoms with E-state index in [1.165, 1.54) is 57.7 Å². The molecule has 14 heteroatoms. The van der Waals surface area contributed by atoms with Gasteiger partial charge >= 0.3 is 11.9 Å². The van der Waals surface area contributed by atoms with Crippen LogP contribution in [-0.2, 0) is 34.9 Å². The minimum absolute atomic E-state index is 0.276. The van der Waals surface area contributed by atoms with Crippen molar-refractivity contribution >= 4 is 36.4 Å². The standard InChI is InChI=1S/C42H76N7O6P/c1-10-13-16-19-20-21-22-23-24-27-34(4)46-37-36-38(44-31-43-37)49(32-45-36)30-35(5)55-33-56(52,47-41(6,7)39(50)53-28-25-17-14-11-2)48-42(8,9)40(51)54-29-26-18-15-12-3/h31-32,35H,4,10-30,33H2,1-3,5-9H3,(H,43,44,46)(H2,47,48,52)/t35-/m1/s1. The number of allylic oxidation sites excluding steroid dienone is 1. The molecule has 0 aromatic carbocycles. The van der Waals surface area contributed by atoms with Gasteiger partial charge in [-0.05, 0) is 60.3 Å². The van der Waals surface area contributed by atoms with Gasteiger partial charge < -0.3 is 24.1 Å². The van der Waals surface area contributed by atoms with Gasteiger partial charge in [-0.2, -0.15) is 0 Å². The number of carbonyl (C=O) groups excluding carboxylic acids is 2. The summed E-state index contributed by atoms with van der Waals surface area (Å²) in [4.78, 5) is 39.9. The normalized spacial score (nSPS) is 12.9. The summed E-state index contributed by atoms with van der Waals surface area (Å²) in [6.07, 6.45) is 22.4. The summed E-state index contributed by atoms with van der Waals surface area (Å²) in [7, 11) is -3.80. The lowest BCUT2D eigenvalue weighted by Gasteiger charge is -2.35. The summed E-state index contributed by atoms with van der Waals surface area (Å²) in [5.74, 6) is -0.476. The first-order valence-corrected chi connectivity index (χ1v) is 23.3. The van der Waals surface area contributed by atoms with Crippen molar-refractivity contribution in [2.75, 3.05) is 24.9 Å². The highest BCUT2D eigenvalue weighted by Crippen LogP contribution is 2.42. The van der Waals surface area contributed by atoms with Crippen LogP contribution in [0.25, 0.3) is 11.2 Å². The molecule has 0 radical (unpaired) electrons. The molecule has 0 unspecified atom stereocenters. The van der Waals surface area contributed by atoms with E-state index in [-0.39, 0.29) is 19.6 Å².